The molecule has 0 aliphatic rings. The SMILES string of the molecule is COc1cccc(OC)c1C(O)CP(=O)=O. The van der Waals surface area contributed by atoms with Crippen molar-refractivity contribution in [3.05, 3.63) is 23.8 Å². The Bertz CT molecular complexity index is 397. The predicted octanol–water partition coefficient (Wildman–Crippen LogP) is 1.91. The van der Waals surface area contributed by atoms with Crippen LogP contribution in [-0.2, 0) is 9.13 Å². The van der Waals surface area contributed by atoms with Gasteiger partial charge < -0.3 is 14.6 Å². The molecule has 1 rings (SSSR count). The number of aliphatic hydroxyl groups excluding tert-OH is 1. The smallest absolute Gasteiger partial charge is 0.318 e. The van der Waals surface area contributed by atoms with E-state index < -0.39 is 13.8 Å². The molecule has 0 amide bonds. The molecule has 5 nitrogen and oxygen atoms in total. The summed E-state index contributed by atoms with van der Waals surface area (Å²) in [5, 5.41) is 9.77. The van der Waals surface area contributed by atoms with E-state index in [1.165, 1.54) is 14.2 Å². The number of ether oxygens (including phenoxy) is 2. The summed E-state index contributed by atoms with van der Waals surface area (Å²) in [6, 6.07) is 4.98. The van der Waals surface area contributed by atoms with Crippen molar-refractivity contribution in [3.63, 3.8) is 0 Å². The van der Waals surface area contributed by atoms with Crippen molar-refractivity contribution in [2.45, 2.75) is 6.10 Å². The zero-order chi connectivity index (χ0) is 12.1. The molecule has 0 heterocycles. The topological polar surface area (TPSA) is 72.8 Å². The van der Waals surface area contributed by atoms with Crippen molar-refractivity contribution in [1.29, 1.82) is 0 Å². The highest BCUT2D eigenvalue weighted by molar-refractivity contribution is 7.30. The number of aliphatic hydroxyl groups is 1. The Balaban J connectivity index is 3.16. The first kappa shape index (κ1) is 12.7. The summed E-state index contributed by atoms with van der Waals surface area (Å²) in [6.45, 7) is 0. The highest BCUT2D eigenvalue weighted by Crippen LogP contribution is 2.35. The molecule has 6 heteroatoms. The molecule has 1 atom stereocenters. The van der Waals surface area contributed by atoms with Gasteiger partial charge in [0.2, 0.25) is 0 Å². The maximum Gasteiger partial charge on any atom is 0.318 e. The van der Waals surface area contributed by atoms with Crippen LogP contribution in [0.5, 0.6) is 11.5 Å². The lowest BCUT2D eigenvalue weighted by atomic mass is 10.1. The van der Waals surface area contributed by atoms with E-state index in [4.69, 9.17) is 9.47 Å². The molecular formula is C10H13O5P. The third kappa shape index (κ3) is 2.84. The molecule has 1 aromatic carbocycles. The molecule has 16 heavy (non-hydrogen) atoms. The molecule has 1 aromatic rings. The van der Waals surface area contributed by atoms with Gasteiger partial charge in [0, 0.05) is 0 Å². The maximum atomic E-state index is 10.6. The fraction of sp³-hybridized carbons (Fsp3) is 0.400. The Morgan fingerprint density at radius 2 is 1.75 bits per heavy atom. The van der Waals surface area contributed by atoms with Gasteiger partial charge in [-0.15, -0.1) is 0 Å². The van der Waals surface area contributed by atoms with Gasteiger partial charge in [-0.1, -0.05) is 6.07 Å². The summed E-state index contributed by atoms with van der Waals surface area (Å²) < 4.78 is 31.3. The minimum absolute atomic E-state index is 0.353. The second-order valence-electron chi connectivity index (χ2n) is 3.11. The minimum Gasteiger partial charge on any atom is -0.496 e. The zero-order valence-electron chi connectivity index (χ0n) is 9.04. The Morgan fingerprint density at radius 1 is 1.25 bits per heavy atom. The van der Waals surface area contributed by atoms with Crippen LogP contribution >= 0.6 is 7.68 Å². The van der Waals surface area contributed by atoms with Gasteiger partial charge in [0.05, 0.1) is 32.0 Å². The van der Waals surface area contributed by atoms with Crippen LogP contribution in [0.4, 0.5) is 0 Å². The number of benzene rings is 1. The van der Waals surface area contributed by atoms with Crippen molar-refractivity contribution in [2.75, 3.05) is 20.4 Å². The standard InChI is InChI=1S/C10H13O5P/c1-14-8-4-3-5-9(15-2)10(8)7(11)6-16(12)13/h3-5,7,11H,6H2,1-2H3. The van der Waals surface area contributed by atoms with E-state index in [-0.39, 0.29) is 6.16 Å². The molecule has 0 fully saturated rings. The molecule has 0 saturated heterocycles. The van der Waals surface area contributed by atoms with Gasteiger partial charge in [0.15, 0.2) is 0 Å². The lowest BCUT2D eigenvalue weighted by molar-refractivity contribution is 0.191. The van der Waals surface area contributed by atoms with Gasteiger partial charge in [-0.2, -0.15) is 0 Å². The molecule has 0 aliphatic carbocycles. The normalized spacial score (nSPS) is 11.9. The Kier molecular flexibility index (Phi) is 4.52. The third-order valence-electron chi connectivity index (χ3n) is 2.12. The van der Waals surface area contributed by atoms with Crippen LogP contribution in [0.25, 0.3) is 0 Å². The third-order valence-corrected chi connectivity index (χ3v) is 2.77. The van der Waals surface area contributed by atoms with Gasteiger partial charge in [-0.05, 0) is 12.1 Å². The lowest BCUT2D eigenvalue weighted by Crippen LogP contribution is -2.05. The Morgan fingerprint density at radius 3 is 2.12 bits per heavy atom. The summed E-state index contributed by atoms with van der Waals surface area (Å²) in [5.74, 6) is 0.812. The quantitative estimate of drug-likeness (QED) is 0.801. The summed E-state index contributed by atoms with van der Waals surface area (Å²) >= 11 is 0. The highest BCUT2D eigenvalue weighted by atomic mass is 31.1. The van der Waals surface area contributed by atoms with E-state index in [1.54, 1.807) is 18.2 Å². The van der Waals surface area contributed by atoms with Crippen LogP contribution in [0.2, 0.25) is 0 Å². The molecule has 88 valence electrons. The van der Waals surface area contributed by atoms with Gasteiger partial charge >= 0.3 is 7.68 Å². The van der Waals surface area contributed by atoms with Gasteiger partial charge in [-0.25, -0.2) is 9.13 Å². The minimum atomic E-state index is -2.66. The van der Waals surface area contributed by atoms with Crippen molar-refractivity contribution >= 4 is 7.68 Å². The van der Waals surface area contributed by atoms with Gasteiger partial charge in [0.1, 0.15) is 11.5 Å². The maximum absolute atomic E-state index is 10.6. The average molecular weight is 244 g/mol. The van der Waals surface area contributed by atoms with Crippen LogP contribution in [0.15, 0.2) is 18.2 Å². The van der Waals surface area contributed by atoms with Crippen LogP contribution in [-0.4, -0.2) is 25.5 Å². The molecule has 0 aliphatic heterocycles. The van der Waals surface area contributed by atoms with Crippen LogP contribution in [0.1, 0.15) is 11.7 Å². The summed E-state index contributed by atoms with van der Waals surface area (Å²) in [4.78, 5) is 0. The van der Waals surface area contributed by atoms with Crippen molar-refractivity contribution in [2.24, 2.45) is 0 Å². The van der Waals surface area contributed by atoms with Crippen LogP contribution < -0.4 is 9.47 Å². The van der Waals surface area contributed by atoms with E-state index in [0.717, 1.165) is 0 Å². The molecule has 1 unspecified atom stereocenters. The number of rotatable bonds is 5. The Hall–Kier alpha value is -1.32. The molecule has 0 radical (unpaired) electrons. The first-order valence-corrected chi connectivity index (χ1v) is 5.97. The molecule has 0 aromatic heterocycles. The fourth-order valence-electron chi connectivity index (χ4n) is 1.44. The number of hydrogen-bond acceptors (Lipinski definition) is 5. The lowest BCUT2D eigenvalue weighted by Gasteiger charge is -2.15. The highest BCUT2D eigenvalue weighted by Gasteiger charge is 2.20. The second kappa shape index (κ2) is 5.68. The summed E-state index contributed by atoms with van der Waals surface area (Å²) in [5.41, 5.74) is 0.353. The van der Waals surface area contributed by atoms with E-state index in [1.807, 2.05) is 0 Å². The molecule has 1 N–H and O–H groups in total. The van der Waals surface area contributed by atoms with Gasteiger partial charge in [0.25, 0.3) is 0 Å². The largest absolute Gasteiger partial charge is 0.496 e. The van der Waals surface area contributed by atoms with Crippen molar-refractivity contribution in [3.8, 4) is 11.5 Å². The van der Waals surface area contributed by atoms with Crippen molar-refractivity contribution in [1.82, 2.24) is 0 Å². The molecular weight excluding hydrogens is 231 g/mol. The number of hydrogen-bond donors (Lipinski definition) is 1. The predicted molar refractivity (Wildman–Crippen MR) is 57.7 cm³/mol. The molecule has 0 spiro atoms. The van der Waals surface area contributed by atoms with E-state index in [2.05, 4.69) is 0 Å². The van der Waals surface area contributed by atoms with Crippen LogP contribution in [0, 0.1) is 0 Å². The van der Waals surface area contributed by atoms with Crippen LogP contribution in [0.3, 0.4) is 0 Å². The molecule has 0 bridgehead atoms. The monoisotopic (exact) mass is 244 g/mol. The first-order chi connectivity index (χ1) is 7.60. The second-order valence-corrected chi connectivity index (χ2v) is 4.14. The average Bonchev–Trinajstić information content (AvgIpc) is 2.26. The Labute approximate surface area is 93.8 Å². The zero-order valence-corrected chi connectivity index (χ0v) is 9.94. The van der Waals surface area contributed by atoms with E-state index in [9.17, 15) is 14.2 Å². The fourth-order valence-corrected chi connectivity index (χ4v) is 1.91. The summed E-state index contributed by atoms with van der Waals surface area (Å²) in [6.07, 6.45) is -1.50. The van der Waals surface area contributed by atoms with Gasteiger partial charge in [-0.3, -0.25) is 0 Å². The summed E-state index contributed by atoms with van der Waals surface area (Å²) in [7, 11) is 0.234. The van der Waals surface area contributed by atoms with E-state index >= 15 is 0 Å². The van der Waals surface area contributed by atoms with E-state index in [0.29, 0.717) is 17.1 Å². The molecule has 0 saturated carbocycles. The van der Waals surface area contributed by atoms with Crippen molar-refractivity contribution < 1.29 is 23.7 Å². The number of methoxy groups -OCH3 is 2. The first-order valence-electron chi connectivity index (χ1n) is 4.61.